The number of nitrogens with one attached hydrogen (secondary N) is 1. The number of likely N-dealkylation sites (N-methyl/N-ethyl adjacent to an activating group) is 1. The highest BCUT2D eigenvalue weighted by atomic mass is 35.5. The fraction of sp³-hybridized carbons (Fsp3) is 0.280. The van der Waals surface area contributed by atoms with Gasteiger partial charge in [-0.05, 0) is 49.8 Å². The van der Waals surface area contributed by atoms with E-state index in [2.05, 4.69) is 38.2 Å². The van der Waals surface area contributed by atoms with Crippen LogP contribution in [0.15, 0.2) is 67.0 Å². The molecule has 0 radical (unpaired) electrons. The number of amides is 1. The van der Waals surface area contributed by atoms with Crippen molar-refractivity contribution in [2.75, 3.05) is 26.0 Å². The number of halogens is 1. The van der Waals surface area contributed by atoms with Gasteiger partial charge in [0, 0.05) is 47.7 Å². The SMILES string of the molecule is CN(C)CCn1nccc1NC(=O)CCc1cn(Cc2ccc(Cl)cc2)c2ccccc12. The molecule has 1 amide bonds. The van der Waals surface area contributed by atoms with Gasteiger partial charge < -0.3 is 14.8 Å². The van der Waals surface area contributed by atoms with Gasteiger partial charge in [-0.25, -0.2) is 4.68 Å². The van der Waals surface area contributed by atoms with Crippen LogP contribution in [0.3, 0.4) is 0 Å². The van der Waals surface area contributed by atoms with Crippen LogP contribution in [0.2, 0.25) is 5.02 Å². The summed E-state index contributed by atoms with van der Waals surface area (Å²) in [6, 6.07) is 18.1. The molecule has 2 aromatic heterocycles. The lowest BCUT2D eigenvalue weighted by molar-refractivity contribution is -0.116. The molecule has 1 N–H and O–H groups in total. The van der Waals surface area contributed by atoms with Crippen molar-refractivity contribution in [1.82, 2.24) is 19.2 Å². The van der Waals surface area contributed by atoms with E-state index in [4.69, 9.17) is 11.6 Å². The molecule has 0 saturated heterocycles. The van der Waals surface area contributed by atoms with Gasteiger partial charge in [0.15, 0.2) is 0 Å². The number of rotatable bonds is 9. The number of para-hydroxylation sites is 1. The maximum atomic E-state index is 12.7. The summed E-state index contributed by atoms with van der Waals surface area (Å²) in [5.41, 5.74) is 3.52. The maximum absolute atomic E-state index is 12.7. The van der Waals surface area contributed by atoms with Crippen LogP contribution in [-0.2, 0) is 24.3 Å². The molecule has 2 aromatic carbocycles. The molecule has 166 valence electrons. The molecular weight excluding hydrogens is 422 g/mol. The molecule has 4 rings (SSSR count). The van der Waals surface area contributed by atoms with Crippen LogP contribution in [0.1, 0.15) is 17.5 Å². The van der Waals surface area contributed by atoms with E-state index in [0.29, 0.717) is 12.8 Å². The number of aromatic nitrogens is 3. The molecule has 2 heterocycles. The molecule has 0 aliphatic carbocycles. The molecule has 0 aliphatic rings. The molecule has 0 saturated carbocycles. The second-order valence-corrected chi connectivity index (χ2v) is 8.65. The van der Waals surface area contributed by atoms with Crippen LogP contribution >= 0.6 is 11.6 Å². The molecule has 0 atom stereocenters. The normalized spacial score (nSPS) is 11.4. The molecule has 4 aromatic rings. The van der Waals surface area contributed by atoms with Crippen molar-refractivity contribution in [1.29, 1.82) is 0 Å². The van der Waals surface area contributed by atoms with E-state index < -0.39 is 0 Å². The van der Waals surface area contributed by atoms with Gasteiger partial charge in [-0.2, -0.15) is 5.10 Å². The summed E-state index contributed by atoms with van der Waals surface area (Å²) < 4.78 is 4.07. The van der Waals surface area contributed by atoms with Gasteiger partial charge in [-0.15, -0.1) is 0 Å². The van der Waals surface area contributed by atoms with Gasteiger partial charge in [0.05, 0.1) is 12.7 Å². The highest BCUT2D eigenvalue weighted by molar-refractivity contribution is 6.30. The third-order valence-electron chi connectivity index (χ3n) is 5.50. The minimum atomic E-state index is -0.00821. The number of carbonyl (C=O) groups excluding carboxylic acids is 1. The van der Waals surface area contributed by atoms with Crippen LogP contribution < -0.4 is 5.32 Å². The third kappa shape index (κ3) is 5.39. The van der Waals surface area contributed by atoms with Crippen LogP contribution in [0.4, 0.5) is 5.82 Å². The van der Waals surface area contributed by atoms with Crippen molar-refractivity contribution in [2.24, 2.45) is 0 Å². The van der Waals surface area contributed by atoms with Crippen molar-refractivity contribution in [3.8, 4) is 0 Å². The van der Waals surface area contributed by atoms with E-state index in [1.54, 1.807) is 6.20 Å². The van der Waals surface area contributed by atoms with Crippen LogP contribution in [-0.4, -0.2) is 45.8 Å². The molecule has 0 fully saturated rings. The number of carbonyl (C=O) groups is 1. The first-order chi connectivity index (χ1) is 15.5. The minimum Gasteiger partial charge on any atom is -0.343 e. The van der Waals surface area contributed by atoms with Gasteiger partial charge in [0.1, 0.15) is 5.82 Å². The lowest BCUT2D eigenvalue weighted by Gasteiger charge is -2.12. The Labute approximate surface area is 193 Å². The van der Waals surface area contributed by atoms with E-state index >= 15 is 0 Å². The Morgan fingerprint density at radius 2 is 1.88 bits per heavy atom. The molecule has 32 heavy (non-hydrogen) atoms. The number of hydrogen-bond acceptors (Lipinski definition) is 3. The first-order valence-corrected chi connectivity index (χ1v) is 11.1. The van der Waals surface area contributed by atoms with E-state index in [0.717, 1.165) is 30.5 Å². The van der Waals surface area contributed by atoms with E-state index in [1.807, 2.05) is 61.2 Å². The average molecular weight is 450 g/mol. The zero-order valence-corrected chi connectivity index (χ0v) is 19.2. The highest BCUT2D eigenvalue weighted by Gasteiger charge is 2.12. The first-order valence-electron chi connectivity index (χ1n) is 10.8. The third-order valence-corrected chi connectivity index (χ3v) is 5.75. The molecule has 0 aliphatic heterocycles. The van der Waals surface area contributed by atoms with Crippen molar-refractivity contribution in [2.45, 2.75) is 25.9 Å². The number of anilines is 1. The Bertz CT molecular complexity index is 1190. The van der Waals surface area contributed by atoms with Gasteiger partial charge in [0.25, 0.3) is 0 Å². The van der Waals surface area contributed by atoms with Crippen LogP contribution in [0.25, 0.3) is 10.9 Å². The fourth-order valence-corrected chi connectivity index (χ4v) is 3.93. The highest BCUT2D eigenvalue weighted by Crippen LogP contribution is 2.24. The Hall–Kier alpha value is -3.09. The van der Waals surface area contributed by atoms with Gasteiger partial charge in [0.2, 0.25) is 5.91 Å². The number of hydrogen-bond donors (Lipinski definition) is 1. The number of aryl methyl sites for hydroxylation is 1. The smallest absolute Gasteiger partial charge is 0.225 e. The predicted molar refractivity (Wildman–Crippen MR) is 130 cm³/mol. The Kier molecular flexibility index (Phi) is 6.93. The predicted octanol–water partition coefficient (Wildman–Crippen LogP) is 4.67. The molecule has 7 heteroatoms. The summed E-state index contributed by atoms with van der Waals surface area (Å²) in [5.74, 6) is 0.730. The van der Waals surface area contributed by atoms with E-state index in [9.17, 15) is 4.79 Å². The summed E-state index contributed by atoms with van der Waals surface area (Å²) >= 11 is 6.02. The van der Waals surface area contributed by atoms with Crippen LogP contribution in [0.5, 0.6) is 0 Å². The van der Waals surface area contributed by atoms with E-state index in [1.165, 1.54) is 22.0 Å². The van der Waals surface area contributed by atoms with Crippen LogP contribution in [0, 0.1) is 0 Å². The second kappa shape index (κ2) is 10.0. The molecule has 6 nitrogen and oxygen atoms in total. The van der Waals surface area contributed by atoms with Crippen molar-refractivity contribution >= 4 is 34.2 Å². The fourth-order valence-electron chi connectivity index (χ4n) is 3.80. The van der Waals surface area contributed by atoms with Crippen molar-refractivity contribution in [3.05, 3.63) is 83.1 Å². The molecule has 0 unspecified atom stereocenters. The van der Waals surface area contributed by atoms with Gasteiger partial charge >= 0.3 is 0 Å². The first kappa shape index (κ1) is 22.1. The van der Waals surface area contributed by atoms with Crippen molar-refractivity contribution in [3.63, 3.8) is 0 Å². The number of benzene rings is 2. The standard InChI is InChI=1S/C25H28ClN5O/c1-29(2)15-16-31-24(13-14-27-31)28-25(32)12-9-20-18-30(23-6-4-3-5-22(20)23)17-19-7-10-21(26)11-8-19/h3-8,10-11,13-14,18H,9,12,15-17H2,1-2H3,(H,28,32). The maximum Gasteiger partial charge on any atom is 0.225 e. The molecular formula is C25H28ClN5O. The number of fused-ring (bicyclic) bond motifs is 1. The Morgan fingerprint density at radius 1 is 1.09 bits per heavy atom. The number of nitrogens with zero attached hydrogens (tertiary/aromatic N) is 4. The zero-order chi connectivity index (χ0) is 22.5. The largest absolute Gasteiger partial charge is 0.343 e. The summed E-state index contributed by atoms with van der Waals surface area (Å²) in [7, 11) is 4.04. The summed E-state index contributed by atoms with van der Waals surface area (Å²) in [6.07, 6.45) is 4.96. The lowest BCUT2D eigenvalue weighted by atomic mass is 10.1. The molecule has 0 bridgehead atoms. The monoisotopic (exact) mass is 449 g/mol. The quantitative estimate of drug-likeness (QED) is 0.404. The summed E-state index contributed by atoms with van der Waals surface area (Å²) in [6.45, 7) is 2.35. The Balaban J connectivity index is 1.44. The van der Waals surface area contributed by atoms with E-state index in [-0.39, 0.29) is 5.91 Å². The minimum absolute atomic E-state index is 0.00821. The summed E-state index contributed by atoms with van der Waals surface area (Å²) in [5, 5.41) is 9.24. The van der Waals surface area contributed by atoms with Crippen molar-refractivity contribution < 1.29 is 4.79 Å². The Morgan fingerprint density at radius 3 is 2.66 bits per heavy atom. The summed E-state index contributed by atoms with van der Waals surface area (Å²) in [4.78, 5) is 14.7. The average Bonchev–Trinajstić information content (AvgIpc) is 3.37. The van der Waals surface area contributed by atoms with Gasteiger partial charge in [-0.3, -0.25) is 4.79 Å². The van der Waals surface area contributed by atoms with Gasteiger partial charge in [-0.1, -0.05) is 41.9 Å². The zero-order valence-electron chi connectivity index (χ0n) is 18.5. The second-order valence-electron chi connectivity index (χ2n) is 8.22. The lowest BCUT2D eigenvalue weighted by Crippen LogP contribution is -2.21. The topological polar surface area (TPSA) is 55.1 Å². The molecule has 0 spiro atoms.